The van der Waals surface area contributed by atoms with Crippen LogP contribution >= 0.6 is 0 Å². The van der Waals surface area contributed by atoms with Crippen LogP contribution in [0.3, 0.4) is 0 Å². The molecule has 2 rings (SSSR count). The van der Waals surface area contributed by atoms with Gasteiger partial charge in [0, 0.05) is 32.3 Å². The smallest absolute Gasteiger partial charge is 0.0628 e. The highest BCUT2D eigenvalue weighted by molar-refractivity contribution is 4.90. The van der Waals surface area contributed by atoms with E-state index in [1.54, 1.807) is 7.11 Å². The molecule has 0 bridgehead atoms. The van der Waals surface area contributed by atoms with Gasteiger partial charge in [-0.15, -0.1) is 0 Å². The van der Waals surface area contributed by atoms with E-state index in [9.17, 15) is 0 Å². The van der Waals surface area contributed by atoms with E-state index in [2.05, 4.69) is 10.2 Å². The molecule has 0 radical (unpaired) electrons. The molecule has 0 spiro atoms. The maximum atomic E-state index is 5.23. The van der Waals surface area contributed by atoms with Crippen molar-refractivity contribution < 1.29 is 4.74 Å². The molecule has 0 amide bonds. The Labute approximate surface area is 93.2 Å². The van der Waals surface area contributed by atoms with Gasteiger partial charge in [-0.25, -0.2) is 0 Å². The van der Waals surface area contributed by atoms with Crippen molar-refractivity contribution in [3.8, 4) is 0 Å². The van der Waals surface area contributed by atoms with Gasteiger partial charge < -0.3 is 10.1 Å². The van der Waals surface area contributed by atoms with E-state index in [-0.39, 0.29) is 0 Å². The molecular formula is C12H24N2O. The van der Waals surface area contributed by atoms with Crippen molar-refractivity contribution in [2.24, 2.45) is 5.92 Å². The van der Waals surface area contributed by atoms with Crippen LogP contribution in [0.4, 0.5) is 0 Å². The Morgan fingerprint density at radius 2 is 2.07 bits per heavy atom. The molecule has 15 heavy (non-hydrogen) atoms. The molecule has 0 aliphatic heterocycles. The fourth-order valence-corrected chi connectivity index (χ4v) is 2.16. The molecular weight excluding hydrogens is 188 g/mol. The van der Waals surface area contributed by atoms with E-state index in [0.717, 1.165) is 25.1 Å². The summed E-state index contributed by atoms with van der Waals surface area (Å²) in [6.45, 7) is 3.31. The number of hydrogen-bond acceptors (Lipinski definition) is 3. The second-order valence-corrected chi connectivity index (χ2v) is 5.07. The fourth-order valence-electron chi connectivity index (χ4n) is 2.16. The minimum Gasteiger partial charge on any atom is -0.383 e. The van der Waals surface area contributed by atoms with Gasteiger partial charge in [0.1, 0.15) is 0 Å². The van der Waals surface area contributed by atoms with Crippen LogP contribution in [0.1, 0.15) is 25.7 Å². The summed E-state index contributed by atoms with van der Waals surface area (Å²) in [4.78, 5) is 2.68. The number of nitrogens with one attached hydrogen (secondary N) is 1. The zero-order chi connectivity index (χ0) is 10.7. The predicted molar refractivity (Wildman–Crippen MR) is 62.0 cm³/mol. The molecule has 1 N–H and O–H groups in total. The first-order chi connectivity index (χ1) is 7.33. The summed E-state index contributed by atoms with van der Waals surface area (Å²) in [6.07, 6.45) is 5.74. The van der Waals surface area contributed by atoms with E-state index in [1.165, 1.54) is 32.2 Å². The van der Waals surface area contributed by atoms with Crippen LogP contribution in [0.2, 0.25) is 0 Å². The molecule has 0 aromatic carbocycles. The SMILES string of the molecule is CNC(COC)CN(CC1CC1)C1CC1. The van der Waals surface area contributed by atoms with E-state index in [0.29, 0.717) is 6.04 Å². The van der Waals surface area contributed by atoms with E-state index in [1.807, 2.05) is 7.05 Å². The number of rotatable bonds is 8. The van der Waals surface area contributed by atoms with Crippen molar-refractivity contribution in [2.45, 2.75) is 37.8 Å². The van der Waals surface area contributed by atoms with Crippen LogP contribution in [-0.2, 0) is 4.74 Å². The summed E-state index contributed by atoms with van der Waals surface area (Å²) in [5.41, 5.74) is 0. The average Bonchev–Trinajstić information content (AvgIpc) is 3.07. The first-order valence-corrected chi connectivity index (χ1v) is 6.23. The lowest BCUT2D eigenvalue weighted by atomic mass is 10.2. The summed E-state index contributed by atoms with van der Waals surface area (Å²) in [7, 11) is 3.82. The molecule has 2 aliphatic carbocycles. The Morgan fingerprint density at radius 1 is 1.33 bits per heavy atom. The first kappa shape index (κ1) is 11.4. The Balaban J connectivity index is 1.75. The molecule has 3 heteroatoms. The molecule has 88 valence electrons. The summed E-state index contributed by atoms with van der Waals surface area (Å²) in [5.74, 6) is 1.01. The number of likely N-dealkylation sites (N-methyl/N-ethyl adjacent to an activating group) is 1. The molecule has 2 aliphatic rings. The number of hydrogen-bond donors (Lipinski definition) is 1. The lowest BCUT2D eigenvalue weighted by Crippen LogP contribution is -2.43. The van der Waals surface area contributed by atoms with Crippen LogP contribution in [0, 0.1) is 5.92 Å². The minimum absolute atomic E-state index is 0.495. The normalized spacial score (nSPS) is 23.4. The molecule has 0 aromatic heterocycles. The van der Waals surface area contributed by atoms with Gasteiger partial charge in [-0.05, 0) is 38.6 Å². The quantitative estimate of drug-likeness (QED) is 0.652. The maximum Gasteiger partial charge on any atom is 0.0628 e. The summed E-state index contributed by atoms with van der Waals surface area (Å²) < 4.78 is 5.23. The highest BCUT2D eigenvalue weighted by Gasteiger charge is 2.34. The van der Waals surface area contributed by atoms with Gasteiger partial charge in [0.15, 0.2) is 0 Å². The van der Waals surface area contributed by atoms with E-state index < -0.39 is 0 Å². The van der Waals surface area contributed by atoms with Gasteiger partial charge >= 0.3 is 0 Å². The van der Waals surface area contributed by atoms with E-state index in [4.69, 9.17) is 4.74 Å². The van der Waals surface area contributed by atoms with Crippen LogP contribution in [0.25, 0.3) is 0 Å². The second-order valence-electron chi connectivity index (χ2n) is 5.07. The maximum absolute atomic E-state index is 5.23. The highest BCUT2D eigenvalue weighted by Crippen LogP contribution is 2.34. The van der Waals surface area contributed by atoms with Crippen LogP contribution in [0.5, 0.6) is 0 Å². The Bertz CT molecular complexity index is 190. The number of nitrogens with zero attached hydrogens (tertiary/aromatic N) is 1. The van der Waals surface area contributed by atoms with Crippen molar-refractivity contribution in [3.05, 3.63) is 0 Å². The molecule has 2 fully saturated rings. The average molecular weight is 212 g/mol. The third-order valence-corrected chi connectivity index (χ3v) is 3.48. The van der Waals surface area contributed by atoms with Gasteiger partial charge in [0.25, 0.3) is 0 Å². The van der Waals surface area contributed by atoms with Crippen LogP contribution < -0.4 is 5.32 Å². The van der Waals surface area contributed by atoms with Gasteiger partial charge in [0.05, 0.1) is 6.61 Å². The number of ether oxygens (including phenoxy) is 1. The second kappa shape index (κ2) is 5.28. The van der Waals surface area contributed by atoms with Crippen LogP contribution in [-0.4, -0.2) is 50.8 Å². The number of methoxy groups -OCH3 is 1. The van der Waals surface area contributed by atoms with Crippen molar-refractivity contribution in [1.82, 2.24) is 10.2 Å². The third-order valence-electron chi connectivity index (χ3n) is 3.48. The molecule has 2 saturated carbocycles. The Hall–Kier alpha value is -0.120. The molecule has 0 aromatic rings. The van der Waals surface area contributed by atoms with E-state index >= 15 is 0 Å². The standard InChI is InChI=1S/C12H24N2O/c1-13-11(9-15-2)8-14(12-5-6-12)7-10-3-4-10/h10-13H,3-9H2,1-2H3. The first-order valence-electron chi connectivity index (χ1n) is 6.23. The predicted octanol–water partition coefficient (Wildman–Crippen LogP) is 1.10. The Morgan fingerprint density at radius 3 is 2.53 bits per heavy atom. The van der Waals surface area contributed by atoms with Gasteiger partial charge in [-0.2, -0.15) is 0 Å². The zero-order valence-electron chi connectivity index (χ0n) is 10.0. The van der Waals surface area contributed by atoms with Crippen molar-refractivity contribution in [2.75, 3.05) is 33.9 Å². The van der Waals surface area contributed by atoms with Crippen molar-refractivity contribution in [3.63, 3.8) is 0 Å². The van der Waals surface area contributed by atoms with Gasteiger partial charge in [-0.3, -0.25) is 4.90 Å². The Kier molecular flexibility index (Phi) is 4.00. The molecule has 0 heterocycles. The molecule has 1 unspecified atom stereocenters. The van der Waals surface area contributed by atoms with Crippen molar-refractivity contribution >= 4 is 0 Å². The molecule has 3 nitrogen and oxygen atoms in total. The minimum atomic E-state index is 0.495. The third kappa shape index (κ3) is 3.74. The van der Waals surface area contributed by atoms with Crippen molar-refractivity contribution in [1.29, 1.82) is 0 Å². The van der Waals surface area contributed by atoms with Crippen LogP contribution in [0.15, 0.2) is 0 Å². The monoisotopic (exact) mass is 212 g/mol. The molecule has 1 atom stereocenters. The highest BCUT2D eigenvalue weighted by atomic mass is 16.5. The fraction of sp³-hybridized carbons (Fsp3) is 1.00. The lowest BCUT2D eigenvalue weighted by molar-refractivity contribution is 0.136. The largest absolute Gasteiger partial charge is 0.383 e. The summed E-state index contributed by atoms with van der Waals surface area (Å²) >= 11 is 0. The van der Waals surface area contributed by atoms with Gasteiger partial charge in [-0.1, -0.05) is 0 Å². The zero-order valence-corrected chi connectivity index (χ0v) is 10.0. The summed E-state index contributed by atoms with van der Waals surface area (Å²) in [5, 5.41) is 3.34. The topological polar surface area (TPSA) is 24.5 Å². The van der Waals surface area contributed by atoms with Gasteiger partial charge in [0.2, 0.25) is 0 Å². The summed E-state index contributed by atoms with van der Waals surface area (Å²) in [6, 6.07) is 1.38. The lowest BCUT2D eigenvalue weighted by Gasteiger charge is -2.27. The molecule has 0 saturated heterocycles.